The summed E-state index contributed by atoms with van der Waals surface area (Å²) in [5.74, 6) is -2.10. The second-order valence-corrected chi connectivity index (χ2v) is 11.2. The van der Waals surface area contributed by atoms with Crippen molar-refractivity contribution in [3.63, 3.8) is 0 Å². The Bertz CT molecular complexity index is 1290. The summed E-state index contributed by atoms with van der Waals surface area (Å²) in [6.07, 6.45) is 2.51. The fourth-order valence-corrected chi connectivity index (χ4v) is 4.03. The van der Waals surface area contributed by atoms with Gasteiger partial charge in [0, 0.05) is 64.8 Å². The number of hydrogen-bond acceptors (Lipinski definition) is 9. The molecule has 1 aliphatic carbocycles. The maximum atomic E-state index is 11.8. The minimum Gasteiger partial charge on any atom is -0.507 e. The van der Waals surface area contributed by atoms with Crippen LogP contribution in [0.1, 0.15) is 72.4 Å². The SMILES string of the molecule is C.C.C=[C-]C.CC(C)(C)OC(=O)NCCNCC(=O)O.O=C(O)CNCCNC(=O)OCC1c2ccccc2-c2ccccc21.[CH2-]CCC(N)=O.[Y]. The van der Waals surface area contributed by atoms with E-state index in [9.17, 15) is 24.0 Å². The van der Waals surface area contributed by atoms with Crippen molar-refractivity contribution in [2.75, 3.05) is 45.9 Å². The molecule has 0 bridgehead atoms. The number of nitrogens with two attached hydrogens (primary N) is 1. The number of primary amides is 1. The number of carbonyl (C=O) groups excluding carboxylic acids is 3. The summed E-state index contributed by atoms with van der Waals surface area (Å²) in [6, 6.07) is 16.3. The van der Waals surface area contributed by atoms with Crippen LogP contribution in [-0.4, -0.2) is 91.7 Å². The number of hydrogen-bond donors (Lipinski definition) is 7. The van der Waals surface area contributed by atoms with Gasteiger partial charge < -0.3 is 59.7 Å². The van der Waals surface area contributed by atoms with Crippen LogP contribution in [0.5, 0.6) is 0 Å². The molecule has 0 spiro atoms. The van der Waals surface area contributed by atoms with Crippen molar-refractivity contribution in [3.8, 4) is 11.1 Å². The summed E-state index contributed by atoms with van der Waals surface area (Å²) >= 11 is 0. The van der Waals surface area contributed by atoms with E-state index < -0.39 is 29.7 Å². The minimum atomic E-state index is -0.929. The van der Waals surface area contributed by atoms with Gasteiger partial charge in [-0.05, 0) is 49.4 Å². The molecule has 1 aliphatic rings. The molecule has 2 aromatic carbocycles. The van der Waals surface area contributed by atoms with Gasteiger partial charge in [0.05, 0.1) is 13.1 Å². The number of ether oxygens (including phenoxy) is 2. The summed E-state index contributed by atoms with van der Waals surface area (Å²) in [7, 11) is 0. The number of carboxylic acids is 2. The monoisotopic (exact) mass is 806 g/mol. The first-order valence-electron chi connectivity index (χ1n) is 15.6. The van der Waals surface area contributed by atoms with Crippen LogP contribution >= 0.6 is 0 Å². The van der Waals surface area contributed by atoms with E-state index in [0.717, 1.165) is 0 Å². The number of fused-ring (bicyclic) bond motifs is 3. The van der Waals surface area contributed by atoms with Gasteiger partial charge in [-0.3, -0.25) is 21.0 Å². The molecular weight excluding hydrogens is 747 g/mol. The molecule has 15 heteroatoms. The van der Waals surface area contributed by atoms with E-state index in [1.165, 1.54) is 22.3 Å². The minimum absolute atomic E-state index is 0. The third-order valence-corrected chi connectivity index (χ3v) is 5.86. The summed E-state index contributed by atoms with van der Waals surface area (Å²) in [5, 5.41) is 27.2. The van der Waals surface area contributed by atoms with Crippen LogP contribution in [0.3, 0.4) is 0 Å². The van der Waals surface area contributed by atoms with Crippen molar-refractivity contribution in [3.05, 3.63) is 79.2 Å². The molecule has 0 aliphatic heterocycles. The maximum Gasteiger partial charge on any atom is 0.407 e. The van der Waals surface area contributed by atoms with Crippen molar-refractivity contribution < 1.29 is 76.4 Å². The summed E-state index contributed by atoms with van der Waals surface area (Å²) < 4.78 is 10.3. The smallest absolute Gasteiger partial charge is 0.407 e. The molecule has 0 saturated carbocycles. The van der Waals surface area contributed by atoms with Gasteiger partial charge in [-0.2, -0.15) is 13.3 Å². The van der Waals surface area contributed by atoms with Crippen LogP contribution in [0, 0.1) is 13.0 Å². The number of alkyl carbamates (subject to hydrolysis) is 2. The van der Waals surface area contributed by atoms with Crippen LogP contribution in [0.15, 0.2) is 55.1 Å². The first kappa shape index (κ1) is 54.9. The van der Waals surface area contributed by atoms with Gasteiger partial charge in [0.2, 0.25) is 5.91 Å². The Hall–Kier alpha value is -3.85. The molecule has 0 aromatic heterocycles. The molecule has 291 valence electrons. The largest absolute Gasteiger partial charge is 0.507 e. The number of aliphatic carboxylic acids is 2. The van der Waals surface area contributed by atoms with E-state index in [-0.39, 0.29) is 79.1 Å². The molecule has 0 unspecified atom stereocenters. The van der Waals surface area contributed by atoms with Gasteiger partial charge in [0.1, 0.15) is 12.2 Å². The molecule has 2 aromatic rings. The van der Waals surface area contributed by atoms with Crippen molar-refractivity contribution >= 4 is 30.0 Å². The van der Waals surface area contributed by atoms with Crippen LogP contribution < -0.4 is 27.0 Å². The van der Waals surface area contributed by atoms with E-state index in [4.69, 9.17) is 25.4 Å². The zero-order chi connectivity index (χ0) is 37.2. The standard InChI is InChI=1S/C19H20N2O4.C9H18N2O4.C4H8NO.C3H5.2CH4.Y/c22-18(23)11-20-9-10-21-19(24)25-12-17-15-7-3-1-5-13(15)14-6-2-4-8-16(14)17;1-9(2,3)15-8(14)11-5-4-10-6-7(12)13;1-2-3-4(5)6;1-3-2;;;/h1-8,17,20H,9-12H2,(H,21,24)(H,22,23);10H,4-6H2,1-3H3,(H,11,14)(H,12,13);1-3H2,(H2,5,6);1H2,2H3;2*1H4;/q;;2*-1;;;. The third-order valence-electron chi connectivity index (χ3n) is 5.86. The number of nitrogens with one attached hydrogen (secondary N) is 4. The van der Waals surface area contributed by atoms with E-state index in [1.54, 1.807) is 27.7 Å². The Morgan fingerprint density at radius 1 is 0.827 bits per heavy atom. The van der Waals surface area contributed by atoms with Crippen molar-refractivity contribution in [2.45, 2.75) is 66.9 Å². The first-order valence-corrected chi connectivity index (χ1v) is 15.6. The van der Waals surface area contributed by atoms with Gasteiger partial charge in [0.25, 0.3) is 0 Å². The Morgan fingerprint density at radius 3 is 1.58 bits per heavy atom. The molecule has 52 heavy (non-hydrogen) atoms. The molecule has 3 amide bonds. The number of allylic oxidation sites excluding steroid dienone is 1. The Kier molecular flexibility index (Phi) is 33.6. The van der Waals surface area contributed by atoms with Gasteiger partial charge in [-0.1, -0.05) is 63.4 Å². The third kappa shape index (κ3) is 26.9. The molecule has 8 N–H and O–H groups in total. The summed E-state index contributed by atoms with van der Waals surface area (Å²) in [4.78, 5) is 53.2. The average Bonchev–Trinajstić information content (AvgIpc) is 3.33. The van der Waals surface area contributed by atoms with Gasteiger partial charge in [0.15, 0.2) is 0 Å². The van der Waals surface area contributed by atoms with Crippen LogP contribution in [0.4, 0.5) is 9.59 Å². The van der Waals surface area contributed by atoms with Crippen molar-refractivity contribution in [1.82, 2.24) is 21.3 Å². The number of carboxylic acid groups (broad SMARTS) is 2. The van der Waals surface area contributed by atoms with Crippen LogP contribution in [-0.2, 0) is 56.6 Å². The molecule has 0 heterocycles. The first-order chi connectivity index (χ1) is 23.2. The van der Waals surface area contributed by atoms with E-state index in [0.29, 0.717) is 39.0 Å². The second kappa shape index (κ2) is 31.9. The predicted octanol–water partition coefficient (Wildman–Crippen LogP) is 4.74. The van der Waals surface area contributed by atoms with Crippen molar-refractivity contribution in [1.29, 1.82) is 0 Å². The second-order valence-electron chi connectivity index (χ2n) is 11.2. The average molecular weight is 807 g/mol. The summed E-state index contributed by atoms with van der Waals surface area (Å²) in [6.45, 7) is 15.2. The van der Waals surface area contributed by atoms with E-state index in [2.05, 4.69) is 65.1 Å². The molecule has 0 atom stereocenters. The van der Waals surface area contributed by atoms with Crippen molar-refractivity contribution in [2.24, 2.45) is 5.73 Å². The fraction of sp³-hybridized carbons (Fsp3) is 0.459. The number of carbonyl (C=O) groups is 5. The molecular formula is C37H59N5O9Y-2. The fourth-order valence-electron chi connectivity index (χ4n) is 4.03. The molecule has 3 rings (SSSR count). The zero-order valence-electron chi connectivity index (χ0n) is 29.4. The quantitative estimate of drug-likeness (QED) is 0.102. The normalized spacial score (nSPS) is 10.2. The molecule has 1 radical (unpaired) electrons. The Labute approximate surface area is 334 Å². The molecule has 14 nitrogen and oxygen atoms in total. The summed E-state index contributed by atoms with van der Waals surface area (Å²) in [5.41, 5.74) is 8.91. The number of benzene rings is 2. The zero-order valence-corrected chi connectivity index (χ0v) is 32.2. The number of amides is 3. The van der Waals surface area contributed by atoms with Gasteiger partial charge in [-0.15, -0.1) is 0 Å². The topological polar surface area (TPSA) is 218 Å². The van der Waals surface area contributed by atoms with Crippen LogP contribution in [0.25, 0.3) is 11.1 Å². The van der Waals surface area contributed by atoms with E-state index in [1.807, 2.05) is 24.3 Å². The van der Waals surface area contributed by atoms with Gasteiger partial charge >= 0.3 is 24.1 Å². The Morgan fingerprint density at radius 2 is 1.23 bits per heavy atom. The number of rotatable bonds is 14. The predicted molar refractivity (Wildman–Crippen MR) is 200 cm³/mol. The van der Waals surface area contributed by atoms with Crippen LogP contribution in [0.2, 0.25) is 0 Å². The van der Waals surface area contributed by atoms with E-state index >= 15 is 0 Å². The van der Waals surface area contributed by atoms with Gasteiger partial charge in [-0.25, -0.2) is 9.59 Å². The maximum absolute atomic E-state index is 11.8. The molecule has 0 fully saturated rings. The molecule has 0 saturated heterocycles. The Balaban J connectivity index is -0.000000367.